The number of anilines is 1. The lowest BCUT2D eigenvalue weighted by atomic mass is 10.1. The van der Waals surface area contributed by atoms with Gasteiger partial charge in [0.25, 0.3) is 5.91 Å². The molecule has 1 aliphatic rings. The summed E-state index contributed by atoms with van der Waals surface area (Å²) in [5.41, 5.74) is 0.660. The lowest BCUT2D eigenvalue weighted by Crippen LogP contribution is -2.52. The van der Waals surface area contributed by atoms with Crippen LogP contribution in [0.4, 0.5) is 9.52 Å². The molecule has 6 nitrogen and oxygen atoms in total. The number of thiazole rings is 1. The zero-order valence-electron chi connectivity index (χ0n) is 16.5. The predicted octanol–water partition coefficient (Wildman–Crippen LogP) is 3.56. The molecular formula is C21H22FN3O3S. The second-order valence-electron chi connectivity index (χ2n) is 7.21. The number of amides is 1. The van der Waals surface area contributed by atoms with E-state index in [4.69, 9.17) is 9.47 Å². The summed E-state index contributed by atoms with van der Waals surface area (Å²) in [4.78, 5) is 21.6. The Hall–Kier alpha value is -2.71. The molecule has 8 heteroatoms. The Kier molecular flexibility index (Phi) is 5.38. The zero-order valence-corrected chi connectivity index (χ0v) is 17.3. The van der Waals surface area contributed by atoms with E-state index >= 15 is 0 Å². The molecule has 0 fully saturated rings. The third-order valence-corrected chi connectivity index (χ3v) is 5.73. The largest absolute Gasteiger partial charge is 0.482 e. The van der Waals surface area contributed by atoms with Crippen LogP contribution >= 0.6 is 11.3 Å². The first-order valence-corrected chi connectivity index (χ1v) is 10.2. The minimum Gasteiger partial charge on any atom is -0.482 e. The number of para-hydroxylation sites is 2. The number of ether oxygens (including phenoxy) is 2. The SMILES string of the molecule is CC1Oc2ccccc2OC1C(=O)N(CCN(C)C)c1nc2ccc(F)cc2s1. The van der Waals surface area contributed by atoms with Gasteiger partial charge < -0.3 is 14.4 Å². The molecule has 0 N–H and O–H groups in total. The number of halogens is 1. The Morgan fingerprint density at radius 3 is 2.59 bits per heavy atom. The van der Waals surface area contributed by atoms with Gasteiger partial charge in [0.05, 0.1) is 10.2 Å². The molecule has 0 radical (unpaired) electrons. The van der Waals surface area contributed by atoms with Crippen molar-refractivity contribution in [3.63, 3.8) is 0 Å². The molecule has 152 valence electrons. The summed E-state index contributed by atoms with van der Waals surface area (Å²) in [6.45, 7) is 2.90. The van der Waals surface area contributed by atoms with E-state index in [1.807, 2.05) is 44.1 Å². The Morgan fingerprint density at radius 2 is 1.86 bits per heavy atom. The van der Waals surface area contributed by atoms with Crippen LogP contribution in [0.5, 0.6) is 11.5 Å². The van der Waals surface area contributed by atoms with E-state index in [1.54, 1.807) is 17.0 Å². The van der Waals surface area contributed by atoms with E-state index in [1.165, 1.54) is 23.5 Å². The van der Waals surface area contributed by atoms with Crippen LogP contribution in [0.15, 0.2) is 42.5 Å². The van der Waals surface area contributed by atoms with Gasteiger partial charge in [-0.2, -0.15) is 0 Å². The van der Waals surface area contributed by atoms with Crippen LogP contribution in [0.1, 0.15) is 6.92 Å². The number of rotatable bonds is 5. The third-order valence-electron chi connectivity index (χ3n) is 4.69. The standard InChI is InChI=1S/C21H22FN3O3S/c1-13-19(28-17-7-5-4-6-16(17)27-13)20(26)25(11-10-24(2)3)21-23-15-9-8-14(22)12-18(15)29-21/h4-9,12-13,19H,10-11H2,1-3H3. The summed E-state index contributed by atoms with van der Waals surface area (Å²) in [6.07, 6.45) is -1.25. The average molecular weight is 415 g/mol. The van der Waals surface area contributed by atoms with Crippen LogP contribution in [0.25, 0.3) is 10.2 Å². The number of likely N-dealkylation sites (N-methyl/N-ethyl adjacent to an activating group) is 1. The average Bonchev–Trinajstić information content (AvgIpc) is 3.09. The molecule has 1 aliphatic heterocycles. The van der Waals surface area contributed by atoms with Crippen molar-refractivity contribution in [1.29, 1.82) is 0 Å². The predicted molar refractivity (Wildman–Crippen MR) is 111 cm³/mol. The highest BCUT2D eigenvalue weighted by Gasteiger charge is 2.38. The minimum absolute atomic E-state index is 0.228. The highest BCUT2D eigenvalue weighted by atomic mass is 32.1. The molecule has 3 aromatic rings. The molecule has 0 bridgehead atoms. The van der Waals surface area contributed by atoms with E-state index in [0.717, 1.165) is 0 Å². The van der Waals surface area contributed by atoms with Crippen molar-refractivity contribution in [2.75, 3.05) is 32.1 Å². The van der Waals surface area contributed by atoms with E-state index in [9.17, 15) is 9.18 Å². The summed E-state index contributed by atoms with van der Waals surface area (Å²) in [5, 5.41) is 0.520. The molecular weight excluding hydrogens is 393 g/mol. The smallest absolute Gasteiger partial charge is 0.273 e. The van der Waals surface area contributed by atoms with Gasteiger partial charge in [-0.25, -0.2) is 9.37 Å². The number of nitrogens with zero attached hydrogens (tertiary/aromatic N) is 3. The highest BCUT2D eigenvalue weighted by molar-refractivity contribution is 7.22. The Bertz CT molecular complexity index is 1040. The maximum atomic E-state index is 13.6. The second-order valence-corrected chi connectivity index (χ2v) is 8.22. The maximum Gasteiger partial charge on any atom is 0.273 e. The molecule has 0 spiro atoms. The monoisotopic (exact) mass is 415 g/mol. The van der Waals surface area contributed by atoms with Gasteiger partial charge in [-0.05, 0) is 51.4 Å². The first-order valence-electron chi connectivity index (χ1n) is 9.37. The number of fused-ring (bicyclic) bond motifs is 2. The summed E-state index contributed by atoms with van der Waals surface area (Å²) in [7, 11) is 3.88. The van der Waals surface area contributed by atoms with Gasteiger partial charge in [-0.3, -0.25) is 9.69 Å². The van der Waals surface area contributed by atoms with Gasteiger partial charge in [-0.15, -0.1) is 0 Å². The summed E-state index contributed by atoms with van der Waals surface area (Å²) in [6, 6.07) is 11.7. The second kappa shape index (κ2) is 7.96. The summed E-state index contributed by atoms with van der Waals surface area (Å²) in [5.74, 6) is 0.615. The fraction of sp³-hybridized carbons (Fsp3) is 0.333. The first kappa shape index (κ1) is 19.6. The lowest BCUT2D eigenvalue weighted by molar-refractivity contribution is -0.130. The topological polar surface area (TPSA) is 54.9 Å². The number of carbonyl (C=O) groups excluding carboxylic acids is 1. The summed E-state index contributed by atoms with van der Waals surface area (Å²) >= 11 is 1.29. The van der Waals surface area contributed by atoms with E-state index < -0.39 is 12.2 Å². The Balaban J connectivity index is 1.66. The van der Waals surface area contributed by atoms with Crippen LogP contribution in [0.3, 0.4) is 0 Å². The van der Waals surface area contributed by atoms with Crippen molar-refractivity contribution in [2.45, 2.75) is 19.1 Å². The molecule has 4 rings (SSSR count). The van der Waals surface area contributed by atoms with Crippen LogP contribution in [0, 0.1) is 5.82 Å². The first-order chi connectivity index (χ1) is 13.9. The molecule has 1 amide bonds. The number of hydrogen-bond acceptors (Lipinski definition) is 6. The Labute approximate surface area is 172 Å². The van der Waals surface area contributed by atoms with Gasteiger partial charge in [-0.1, -0.05) is 23.5 Å². The van der Waals surface area contributed by atoms with Crippen LogP contribution in [0.2, 0.25) is 0 Å². The molecule has 1 aromatic heterocycles. The van der Waals surface area contributed by atoms with Gasteiger partial charge >= 0.3 is 0 Å². The van der Waals surface area contributed by atoms with E-state index in [0.29, 0.717) is 39.9 Å². The minimum atomic E-state index is -0.796. The van der Waals surface area contributed by atoms with Gasteiger partial charge in [0.15, 0.2) is 16.6 Å². The molecule has 0 aliphatic carbocycles. The number of carbonyl (C=O) groups is 1. The summed E-state index contributed by atoms with van der Waals surface area (Å²) < 4.78 is 26.2. The molecule has 2 atom stereocenters. The third kappa shape index (κ3) is 4.04. The zero-order chi connectivity index (χ0) is 20.5. The van der Waals surface area contributed by atoms with E-state index in [-0.39, 0.29) is 11.7 Å². The molecule has 0 saturated heterocycles. The van der Waals surface area contributed by atoms with Crippen LogP contribution in [-0.4, -0.2) is 55.2 Å². The fourth-order valence-corrected chi connectivity index (χ4v) is 4.17. The van der Waals surface area contributed by atoms with Gasteiger partial charge in [0.2, 0.25) is 6.10 Å². The molecule has 2 heterocycles. The Morgan fingerprint density at radius 1 is 1.14 bits per heavy atom. The number of benzene rings is 2. The maximum absolute atomic E-state index is 13.6. The fourth-order valence-electron chi connectivity index (χ4n) is 3.15. The molecule has 0 saturated carbocycles. The quantitative estimate of drug-likeness (QED) is 0.638. The van der Waals surface area contributed by atoms with Crippen molar-refractivity contribution < 1.29 is 18.7 Å². The highest BCUT2D eigenvalue weighted by Crippen LogP contribution is 2.35. The number of aromatic nitrogens is 1. The van der Waals surface area contributed by atoms with Crippen molar-refractivity contribution in [1.82, 2.24) is 9.88 Å². The van der Waals surface area contributed by atoms with Gasteiger partial charge in [0.1, 0.15) is 11.9 Å². The lowest BCUT2D eigenvalue weighted by Gasteiger charge is -2.34. The van der Waals surface area contributed by atoms with Crippen molar-refractivity contribution >= 4 is 32.6 Å². The van der Waals surface area contributed by atoms with Crippen molar-refractivity contribution in [2.24, 2.45) is 0 Å². The van der Waals surface area contributed by atoms with Crippen molar-refractivity contribution in [3.8, 4) is 11.5 Å². The van der Waals surface area contributed by atoms with Gasteiger partial charge in [0, 0.05) is 13.1 Å². The normalized spacial score (nSPS) is 18.2. The van der Waals surface area contributed by atoms with E-state index in [2.05, 4.69) is 4.98 Å². The van der Waals surface area contributed by atoms with Crippen molar-refractivity contribution in [3.05, 3.63) is 48.3 Å². The molecule has 2 unspecified atom stereocenters. The van der Waals surface area contributed by atoms with Crippen LogP contribution in [-0.2, 0) is 4.79 Å². The number of hydrogen-bond donors (Lipinski definition) is 0. The molecule has 29 heavy (non-hydrogen) atoms. The molecule has 2 aromatic carbocycles. The van der Waals surface area contributed by atoms with Crippen LogP contribution < -0.4 is 14.4 Å².